The zero-order chi connectivity index (χ0) is 17.3. The fraction of sp³-hybridized carbons (Fsp3) is 0.550. The minimum atomic E-state index is 0. The SMILES string of the molecule is CN=C(NCCN1CCCCC1)NCc1ccc(N2CC=CC2)cc1.I. The normalized spacial score (nSPS) is 17.9. The minimum absolute atomic E-state index is 0. The van der Waals surface area contributed by atoms with Crippen LogP contribution in [0.1, 0.15) is 24.8 Å². The van der Waals surface area contributed by atoms with Crippen molar-refractivity contribution in [1.29, 1.82) is 0 Å². The van der Waals surface area contributed by atoms with E-state index in [1.165, 1.54) is 43.6 Å². The van der Waals surface area contributed by atoms with Crippen molar-refractivity contribution in [3.8, 4) is 0 Å². The van der Waals surface area contributed by atoms with E-state index < -0.39 is 0 Å². The number of guanidine groups is 1. The largest absolute Gasteiger partial charge is 0.364 e. The van der Waals surface area contributed by atoms with Gasteiger partial charge in [-0.1, -0.05) is 30.7 Å². The van der Waals surface area contributed by atoms with E-state index in [0.29, 0.717) is 0 Å². The molecule has 0 saturated carbocycles. The molecule has 144 valence electrons. The molecule has 1 saturated heterocycles. The smallest absolute Gasteiger partial charge is 0.191 e. The fourth-order valence-electron chi connectivity index (χ4n) is 3.44. The number of nitrogens with zero attached hydrogens (tertiary/aromatic N) is 3. The van der Waals surface area contributed by atoms with Crippen LogP contribution in [0.5, 0.6) is 0 Å². The van der Waals surface area contributed by atoms with Gasteiger partial charge in [0.05, 0.1) is 0 Å². The summed E-state index contributed by atoms with van der Waals surface area (Å²) in [7, 11) is 1.83. The summed E-state index contributed by atoms with van der Waals surface area (Å²) >= 11 is 0. The Bertz CT molecular complexity index is 570. The van der Waals surface area contributed by atoms with Gasteiger partial charge in [-0.15, -0.1) is 24.0 Å². The molecule has 2 aliphatic rings. The third-order valence-electron chi connectivity index (χ3n) is 4.97. The van der Waals surface area contributed by atoms with Crippen LogP contribution in [0.25, 0.3) is 0 Å². The molecule has 2 N–H and O–H groups in total. The van der Waals surface area contributed by atoms with E-state index >= 15 is 0 Å². The molecule has 0 spiro atoms. The van der Waals surface area contributed by atoms with Crippen LogP contribution in [0.15, 0.2) is 41.4 Å². The van der Waals surface area contributed by atoms with Crippen molar-refractivity contribution in [2.75, 3.05) is 51.2 Å². The van der Waals surface area contributed by atoms with E-state index in [9.17, 15) is 0 Å². The van der Waals surface area contributed by atoms with Gasteiger partial charge in [0.15, 0.2) is 5.96 Å². The van der Waals surface area contributed by atoms with Crippen molar-refractivity contribution in [3.63, 3.8) is 0 Å². The van der Waals surface area contributed by atoms with Gasteiger partial charge in [-0.2, -0.15) is 0 Å². The van der Waals surface area contributed by atoms with Gasteiger partial charge in [0.1, 0.15) is 0 Å². The van der Waals surface area contributed by atoms with Crippen LogP contribution in [0.4, 0.5) is 5.69 Å². The number of nitrogens with one attached hydrogen (secondary N) is 2. The molecule has 0 atom stereocenters. The monoisotopic (exact) mass is 469 g/mol. The highest BCUT2D eigenvalue weighted by atomic mass is 127. The quantitative estimate of drug-likeness (QED) is 0.291. The average Bonchev–Trinajstić information content (AvgIpc) is 3.20. The van der Waals surface area contributed by atoms with Gasteiger partial charge in [-0.05, 0) is 43.6 Å². The Hall–Kier alpha value is -1.28. The first-order valence-electron chi connectivity index (χ1n) is 9.51. The Kier molecular flexibility index (Phi) is 9.25. The molecular weight excluding hydrogens is 437 g/mol. The Morgan fingerprint density at radius 3 is 2.35 bits per heavy atom. The number of piperidine rings is 1. The van der Waals surface area contributed by atoms with Crippen LogP contribution in [0, 0.1) is 0 Å². The maximum Gasteiger partial charge on any atom is 0.191 e. The van der Waals surface area contributed by atoms with Crippen molar-refractivity contribution < 1.29 is 0 Å². The number of benzene rings is 1. The third kappa shape index (κ3) is 6.46. The number of aliphatic imine (C=N–C) groups is 1. The molecule has 2 heterocycles. The van der Waals surface area contributed by atoms with Crippen LogP contribution < -0.4 is 15.5 Å². The van der Waals surface area contributed by atoms with E-state index in [-0.39, 0.29) is 24.0 Å². The van der Waals surface area contributed by atoms with Crippen molar-refractivity contribution in [3.05, 3.63) is 42.0 Å². The standard InChI is InChI=1S/C20H31N5.HI/c1-21-20(22-11-16-24-12-3-2-4-13-24)23-17-18-7-9-19(10-8-18)25-14-5-6-15-25;/h5-10H,2-4,11-17H2,1H3,(H2,21,22,23);1H. The first-order chi connectivity index (χ1) is 12.3. The van der Waals surface area contributed by atoms with Crippen LogP contribution in [0.2, 0.25) is 0 Å². The highest BCUT2D eigenvalue weighted by molar-refractivity contribution is 14.0. The lowest BCUT2D eigenvalue weighted by Gasteiger charge is -2.26. The summed E-state index contributed by atoms with van der Waals surface area (Å²) in [5.74, 6) is 0.879. The molecule has 0 amide bonds. The maximum absolute atomic E-state index is 4.33. The molecular formula is C20H32IN5. The topological polar surface area (TPSA) is 42.9 Å². The van der Waals surface area contributed by atoms with E-state index in [0.717, 1.165) is 38.7 Å². The molecule has 3 rings (SSSR count). The summed E-state index contributed by atoms with van der Waals surface area (Å²) in [6, 6.07) is 8.80. The molecule has 1 aromatic carbocycles. The number of likely N-dealkylation sites (tertiary alicyclic amines) is 1. The summed E-state index contributed by atoms with van der Waals surface area (Å²) in [6.45, 7) is 7.36. The number of hydrogen-bond acceptors (Lipinski definition) is 3. The van der Waals surface area contributed by atoms with Gasteiger partial charge in [0, 0.05) is 45.5 Å². The van der Waals surface area contributed by atoms with Crippen molar-refractivity contribution in [1.82, 2.24) is 15.5 Å². The summed E-state index contributed by atoms with van der Waals surface area (Å²) < 4.78 is 0. The Morgan fingerprint density at radius 2 is 1.69 bits per heavy atom. The summed E-state index contributed by atoms with van der Waals surface area (Å²) in [4.78, 5) is 9.22. The Balaban J connectivity index is 0.00000243. The fourth-order valence-corrected chi connectivity index (χ4v) is 3.44. The molecule has 0 aromatic heterocycles. The highest BCUT2D eigenvalue weighted by Crippen LogP contribution is 2.17. The first-order valence-corrected chi connectivity index (χ1v) is 9.51. The van der Waals surface area contributed by atoms with Gasteiger partial charge >= 0.3 is 0 Å². The van der Waals surface area contributed by atoms with E-state index in [2.05, 4.69) is 61.8 Å². The van der Waals surface area contributed by atoms with Crippen LogP contribution in [-0.4, -0.2) is 57.2 Å². The number of rotatable bonds is 6. The minimum Gasteiger partial charge on any atom is -0.364 e. The van der Waals surface area contributed by atoms with E-state index in [4.69, 9.17) is 0 Å². The van der Waals surface area contributed by atoms with E-state index in [1.807, 2.05) is 7.05 Å². The van der Waals surface area contributed by atoms with Gasteiger partial charge in [0.2, 0.25) is 0 Å². The van der Waals surface area contributed by atoms with Crippen molar-refractivity contribution in [2.24, 2.45) is 4.99 Å². The predicted octanol–water partition coefficient (Wildman–Crippen LogP) is 2.83. The third-order valence-corrected chi connectivity index (χ3v) is 4.97. The second-order valence-electron chi connectivity index (χ2n) is 6.80. The molecule has 0 aliphatic carbocycles. The molecule has 0 unspecified atom stereocenters. The van der Waals surface area contributed by atoms with Gasteiger partial charge in [-0.3, -0.25) is 4.99 Å². The summed E-state index contributed by atoms with van der Waals surface area (Å²) in [6.07, 6.45) is 8.51. The predicted molar refractivity (Wildman–Crippen MR) is 122 cm³/mol. The molecule has 0 radical (unpaired) electrons. The van der Waals surface area contributed by atoms with Crippen LogP contribution in [-0.2, 0) is 6.54 Å². The highest BCUT2D eigenvalue weighted by Gasteiger charge is 2.10. The van der Waals surface area contributed by atoms with Gasteiger partial charge < -0.3 is 20.4 Å². The average molecular weight is 469 g/mol. The number of anilines is 1. The first kappa shape index (κ1) is 21.0. The molecule has 1 aromatic rings. The van der Waals surface area contributed by atoms with Crippen molar-refractivity contribution >= 4 is 35.6 Å². The van der Waals surface area contributed by atoms with Crippen LogP contribution >= 0.6 is 24.0 Å². The lowest BCUT2D eigenvalue weighted by molar-refractivity contribution is 0.232. The summed E-state index contributed by atoms with van der Waals surface area (Å²) in [5, 5.41) is 6.83. The molecule has 6 heteroatoms. The molecule has 26 heavy (non-hydrogen) atoms. The lowest BCUT2D eigenvalue weighted by Crippen LogP contribution is -2.42. The van der Waals surface area contributed by atoms with Crippen LogP contribution in [0.3, 0.4) is 0 Å². The Morgan fingerprint density at radius 1 is 1.00 bits per heavy atom. The van der Waals surface area contributed by atoms with Gasteiger partial charge in [-0.25, -0.2) is 0 Å². The second kappa shape index (κ2) is 11.4. The van der Waals surface area contributed by atoms with Crippen molar-refractivity contribution in [2.45, 2.75) is 25.8 Å². The molecule has 0 bridgehead atoms. The zero-order valence-corrected chi connectivity index (χ0v) is 18.1. The Labute approximate surface area is 174 Å². The lowest BCUT2D eigenvalue weighted by atomic mass is 10.1. The molecule has 1 fully saturated rings. The number of hydrogen-bond donors (Lipinski definition) is 2. The second-order valence-corrected chi connectivity index (χ2v) is 6.80. The zero-order valence-electron chi connectivity index (χ0n) is 15.8. The van der Waals surface area contributed by atoms with E-state index in [1.54, 1.807) is 0 Å². The molecule has 2 aliphatic heterocycles. The summed E-state index contributed by atoms with van der Waals surface area (Å²) in [5.41, 5.74) is 2.56. The maximum atomic E-state index is 4.33. The number of halogens is 1. The molecule has 5 nitrogen and oxygen atoms in total. The van der Waals surface area contributed by atoms with Gasteiger partial charge in [0.25, 0.3) is 0 Å².